The van der Waals surface area contributed by atoms with Crippen LogP contribution in [0.1, 0.15) is 31.2 Å². The molecule has 0 aromatic heterocycles. The van der Waals surface area contributed by atoms with Crippen LogP contribution in [0, 0.1) is 18.7 Å². The average Bonchev–Trinajstić information content (AvgIpc) is 3.31. The van der Waals surface area contributed by atoms with Crippen molar-refractivity contribution in [2.24, 2.45) is 5.92 Å². The van der Waals surface area contributed by atoms with E-state index in [1.54, 1.807) is 6.07 Å². The lowest BCUT2D eigenvalue weighted by molar-refractivity contribution is -0.121. The number of aryl methyl sites for hydroxylation is 1. The lowest BCUT2D eigenvalue weighted by Crippen LogP contribution is -2.50. The molecule has 25 heavy (non-hydrogen) atoms. The smallest absolute Gasteiger partial charge is 0.234 e. The Hall–Kier alpha value is -1.04. The molecular weight excluding hydrogens is 364 g/mol. The summed E-state index contributed by atoms with van der Waals surface area (Å²) in [5.41, 5.74) is 2.01. The minimum absolute atomic E-state index is 0. The van der Waals surface area contributed by atoms with Crippen molar-refractivity contribution in [2.45, 2.75) is 38.6 Å². The number of nitrogens with zero attached hydrogens (tertiary/aromatic N) is 1. The summed E-state index contributed by atoms with van der Waals surface area (Å²) in [5, 5.41) is 6.35. The van der Waals surface area contributed by atoms with Gasteiger partial charge >= 0.3 is 0 Å². The van der Waals surface area contributed by atoms with Gasteiger partial charge in [-0.1, -0.05) is 0 Å². The first kappa shape index (κ1) is 22.0. The lowest BCUT2D eigenvalue weighted by atomic mass is 10.0. The SMILES string of the molecule is Cc1cc(F)ccc1N1CCCC(NC(=O)CNCC2CC2)C1.Cl.Cl. The van der Waals surface area contributed by atoms with E-state index in [9.17, 15) is 9.18 Å². The zero-order valence-electron chi connectivity index (χ0n) is 14.6. The summed E-state index contributed by atoms with van der Waals surface area (Å²) in [6.07, 6.45) is 4.63. The maximum absolute atomic E-state index is 13.3. The molecule has 1 amide bonds. The molecule has 1 saturated heterocycles. The molecule has 142 valence electrons. The Labute approximate surface area is 161 Å². The minimum Gasteiger partial charge on any atom is -0.369 e. The number of amides is 1. The molecule has 1 heterocycles. The molecule has 2 fully saturated rings. The van der Waals surface area contributed by atoms with E-state index in [2.05, 4.69) is 15.5 Å². The summed E-state index contributed by atoms with van der Waals surface area (Å²) in [7, 11) is 0. The molecule has 1 aliphatic carbocycles. The first-order chi connectivity index (χ1) is 11.1. The van der Waals surface area contributed by atoms with Gasteiger partial charge in [0.25, 0.3) is 0 Å². The topological polar surface area (TPSA) is 44.4 Å². The fraction of sp³-hybridized carbons (Fsp3) is 0.611. The van der Waals surface area contributed by atoms with E-state index in [0.717, 1.165) is 49.6 Å². The van der Waals surface area contributed by atoms with Gasteiger partial charge in [-0.15, -0.1) is 24.8 Å². The summed E-state index contributed by atoms with van der Waals surface area (Å²) in [6, 6.07) is 5.08. The summed E-state index contributed by atoms with van der Waals surface area (Å²) in [6.45, 7) is 5.05. The Morgan fingerprint density at radius 1 is 1.28 bits per heavy atom. The van der Waals surface area contributed by atoms with Crippen LogP contribution in [0.2, 0.25) is 0 Å². The van der Waals surface area contributed by atoms with Gasteiger partial charge < -0.3 is 15.5 Å². The highest BCUT2D eigenvalue weighted by atomic mass is 35.5. The van der Waals surface area contributed by atoms with E-state index in [1.807, 2.05) is 13.0 Å². The third kappa shape index (κ3) is 6.65. The molecule has 1 atom stereocenters. The molecule has 0 spiro atoms. The maximum atomic E-state index is 13.3. The molecular formula is C18H28Cl2FN3O. The number of anilines is 1. The lowest BCUT2D eigenvalue weighted by Gasteiger charge is -2.35. The molecule has 2 aliphatic rings. The van der Waals surface area contributed by atoms with Crippen molar-refractivity contribution < 1.29 is 9.18 Å². The highest BCUT2D eigenvalue weighted by Gasteiger charge is 2.23. The zero-order valence-corrected chi connectivity index (χ0v) is 16.2. The van der Waals surface area contributed by atoms with Gasteiger partial charge in [-0.3, -0.25) is 4.79 Å². The second-order valence-corrected chi connectivity index (χ2v) is 6.86. The van der Waals surface area contributed by atoms with Crippen LogP contribution in [0.15, 0.2) is 18.2 Å². The molecule has 7 heteroatoms. The predicted molar refractivity (Wildman–Crippen MR) is 105 cm³/mol. The van der Waals surface area contributed by atoms with E-state index in [1.165, 1.54) is 18.9 Å². The molecule has 1 aromatic carbocycles. The highest BCUT2D eigenvalue weighted by Crippen LogP contribution is 2.27. The fourth-order valence-corrected chi connectivity index (χ4v) is 3.28. The van der Waals surface area contributed by atoms with Crippen LogP contribution in [0.25, 0.3) is 0 Å². The van der Waals surface area contributed by atoms with Gasteiger partial charge in [0.15, 0.2) is 0 Å². The van der Waals surface area contributed by atoms with E-state index in [0.29, 0.717) is 6.54 Å². The Balaban J connectivity index is 0.00000156. The number of nitrogens with one attached hydrogen (secondary N) is 2. The van der Waals surface area contributed by atoms with E-state index in [-0.39, 0.29) is 42.6 Å². The molecule has 2 N–H and O–H groups in total. The second kappa shape index (κ2) is 10.2. The molecule has 4 nitrogen and oxygen atoms in total. The number of rotatable bonds is 6. The van der Waals surface area contributed by atoms with Gasteiger partial charge in [0.1, 0.15) is 5.82 Å². The second-order valence-electron chi connectivity index (χ2n) is 6.86. The van der Waals surface area contributed by atoms with Crippen molar-refractivity contribution in [1.29, 1.82) is 0 Å². The number of carbonyl (C=O) groups is 1. The standard InChI is InChI=1S/C18H26FN3O.2ClH/c1-13-9-15(19)6-7-17(13)22-8-2-3-16(12-22)21-18(23)11-20-10-14-4-5-14;;/h6-7,9,14,16,20H,2-5,8,10-12H2,1H3,(H,21,23);2*1H. The predicted octanol–water partition coefficient (Wildman–Crippen LogP) is 3.06. The number of carbonyl (C=O) groups excluding carboxylic acids is 1. The first-order valence-corrected chi connectivity index (χ1v) is 8.63. The molecule has 3 rings (SSSR count). The largest absolute Gasteiger partial charge is 0.369 e. The van der Waals surface area contributed by atoms with Crippen LogP contribution in [-0.4, -0.2) is 38.1 Å². The Bertz CT molecular complexity index is 569. The third-order valence-corrected chi connectivity index (χ3v) is 4.70. The third-order valence-electron chi connectivity index (χ3n) is 4.70. The molecule has 1 unspecified atom stereocenters. The van der Waals surface area contributed by atoms with Gasteiger partial charge in [-0.05, 0) is 68.8 Å². The molecule has 1 aliphatic heterocycles. The summed E-state index contributed by atoms with van der Waals surface area (Å²) >= 11 is 0. The van der Waals surface area contributed by atoms with Crippen molar-refractivity contribution >= 4 is 36.4 Å². The fourth-order valence-electron chi connectivity index (χ4n) is 3.28. The highest BCUT2D eigenvalue weighted by molar-refractivity contribution is 5.85. The van der Waals surface area contributed by atoms with Crippen molar-refractivity contribution in [1.82, 2.24) is 10.6 Å². The van der Waals surface area contributed by atoms with Gasteiger partial charge in [0.05, 0.1) is 6.54 Å². The Morgan fingerprint density at radius 3 is 2.72 bits per heavy atom. The maximum Gasteiger partial charge on any atom is 0.234 e. The van der Waals surface area contributed by atoms with Crippen LogP contribution >= 0.6 is 24.8 Å². The number of hydrogen-bond donors (Lipinski definition) is 2. The molecule has 0 bridgehead atoms. The van der Waals surface area contributed by atoms with Crippen LogP contribution in [0.3, 0.4) is 0 Å². The Morgan fingerprint density at radius 2 is 2.04 bits per heavy atom. The molecule has 0 radical (unpaired) electrons. The summed E-state index contributed by atoms with van der Waals surface area (Å²) < 4.78 is 13.3. The van der Waals surface area contributed by atoms with Crippen LogP contribution in [-0.2, 0) is 4.79 Å². The van der Waals surface area contributed by atoms with Gasteiger partial charge in [-0.2, -0.15) is 0 Å². The van der Waals surface area contributed by atoms with Gasteiger partial charge in [0, 0.05) is 24.8 Å². The summed E-state index contributed by atoms with van der Waals surface area (Å²) in [4.78, 5) is 14.3. The van der Waals surface area contributed by atoms with Crippen LogP contribution < -0.4 is 15.5 Å². The van der Waals surface area contributed by atoms with Crippen molar-refractivity contribution in [3.05, 3.63) is 29.6 Å². The van der Waals surface area contributed by atoms with E-state index in [4.69, 9.17) is 0 Å². The van der Waals surface area contributed by atoms with E-state index >= 15 is 0 Å². The van der Waals surface area contributed by atoms with Crippen molar-refractivity contribution in [3.8, 4) is 0 Å². The number of halogens is 3. The number of piperidine rings is 1. The summed E-state index contributed by atoms with van der Waals surface area (Å²) in [5.74, 6) is 0.664. The van der Waals surface area contributed by atoms with Gasteiger partial charge in [-0.25, -0.2) is 4.39 Å². The normalized spacial score (nSPS) is 19.6. The molecule has 1 aromatic rings. The number of benzene rings is 1. The average molecular weight is 392 g/mol. The first-order valence-electron chi connectivity index (χ1n) is 8.63. The van der Waals surface area contributed by atoms with Crippen molar-refractivity contribution in [3.63, 3.8) is 0 Å². The Kier molecular flexibility index (Phi) is 8.97. The van der Waals surface area contributed by atoms with Crippen LogP contribution in [0.5, 0.6) is 0 Å². The monoisotopic (exact) mass is 391 g/mol. The minimum atomic E-state index is -0.199. The van der Waals surface area contributed by atoms with Crippen LogP contribution in [0.4, 0.5) is 10.1 Å². The van der Waals surface area contributed by atoms with Gasteiger partial charge in [0.2, 0.25) is 5.91 Å². The zero-order chi connectivity index (χ0) is 16.2. The quantitative estimate of drug-likeness (QED) is 0.782. The number of hydrogen-bond acceptors (Lipinski definition) is 3. The molecule has 1 saturated carbocycles. The van der Waals surface area contributed by atoms with Crippen molar-refractivity contribution in [2.75, 3.05) is 31.1 Å². The van der Waals surface area contributed by atoms with E-state index < -0.39 is 0 Å².